The SMILES string of the molecule is CNCC(=O)c1cc(Br)cc(C(C)(C)C)c1OC. The summed E-state index contributed by atoms with van der Waals surface area (Å²) in [7, 11) is 3.36. The fraction of sp³-hybridized carbons (Fsp3) is 0.500. The van der Waals surface area contributed by atoms with Gasteiger partial charge in [0.05, 0.1) is 19.2 Å². The van der Waals surface area contributed by atoms with Gasteiger partial charge in [-0.05, 0) is 24.6 Å². The van der Waals surface area contributed by atoms with Crippen molar-refractivity contribution in [1.82, 2.24) is 5.32 Å². The van der Waals surface area contributed by atoms with Gasteiger partial charge in [0, 0.05) is 10.0 Å². The maximum absolute atomic E-state index is 12.1. The van der Waals surface area contributed by atoms with Crippen LogP contribution in [-0.4, -0.2) is 26.5 Å². The fourth-order valence-corrected chi connectivity index (χ4v) is 2.29. The second-order valence-electron chi connectivity index (χ2n) is 5.24. The number of hydrogen-bond donors (Lipinski definition) is 1. The van der Waals surface area contributed by atoms with Gasteiger partial charge >= 0.3 is 0 Å². The van der Waals surface area contributed by atoms with Gasteiger partial charge in [0.1, 0.15) is 5.75 Å². The molecule has 0 atom stereocenters. The largest absolute Gasteiger partial charge is 0.496 e. The summed E-state index contributed by atoms with van der Waals surface area (Å²) in [5.41, 5.74) is 1.56. The minimum Gasteiger partial charge on any atom is -0.496 e. The van der Waals surface area contributed by atoms with Gasteiger partial charge in [-0.2, -0.15) is 0 Å². The molecule has 0 saturated carbocycles. The summed E-state index contributed by atoms with van der Waals surface area (Å²) < 4.78 is 6.35. The number of ketones is 1. The van der Waals surface area contributed by atoms with Crippen molar-refractivity contribution >= 4 is 21.7 Å². The first-order valence-corrected chi connectivity index (χ1v) is 6.66. The second kappa shape index (κ2) is 5.85. The minimum atomic E-state index is -0.0796. The standard InChI is InChI=1S/C14H20BrNO2/c1-14(2,3)11-7-9(15)6-10(13(11)18-5)12(17)8-16-4/h6-7,16H,8H2,1-5H3. The summed E-state index contributed by atoms with van der Waals surface area (Å²) in [5.74, 6) is 0.701. The Morgan fingerprint density at radius 3 is 2.44 bits per heavy atom. The van der Waals surface area contributed by atoms with Crippen LogP contribution in [0.3, 0.4) is 0 Å². The highest BCUT2D eigenvalue weighted by atomic mass is 79.9. The molecule has 4 heteroatoms. The Labute approximate surface area is 117 Å². The summed E-state index contributed by atoms with van der Waals surface area (Å²) in [6.07, 6.45) is 0. The van der Waals surface area contributed by atoms with E-state index in [2.05, 4.69) is 42.0 Å². The quantitative estimate of drug-likeness (QED) is 0.868. The highest BCUT2D eigenvalue weighted by Crippen LogP contribution is 2.36. The Kier molecular flexibility index (Phi) is 4.93. The van der Waals surface area contributed by atoms with Gasteiger partial charge in [-0.25, -0.2) is 0 Å². The number of nitrogens with one attached hydrogen (secondary N) is 1. The number of ether oxygens (including phenoxy) is 1. The Hall–Kier alpha value is -0.870. The van der Waals surface area contributed by atoms with Crippen molar-refractivity contribution in [2.75, 3.05) is 20.7 Å². The highest BCUT2D eigenvalue weighted by molar-refractivity contribution is 9.10. The van der Waals surface area contributed by atoms with Gasteiger partial charge in [-0.15, -0.1) is 0 Å². The fourth-order valence-electron chi connectivity index (χ4n) is 1.83. The average molecular weight is 314 g/mol. The first-order valence-electron chi connectivity index (χ1n) is 5.87. The third kappa shape index (κ3) is 3.33. The lowest BCUT2D eigenvalue weighted by Crippen LogP contribution is -2.21. The van der Waals surface area contributed by atoms with Gasteiger partial charge in [0.15, 0.2) is 5.78 Å². The van der Waals surface area contributed by atoms with Crippen molar-refractivity contribution in [3.63, 3.8) is 0 Å². The zero-order chi connectivity index (χ0) is 13.9. The monoisotopic (exact) mass is 313 g/mol. The molecular weight excluding hydrogens is 294 g/mol. The molecule has 100 valence electrons. The van der Waals surface area contributed by atoms with Crippen LogP contribution in [0.5, 0.6) is 5.75 Å². The van der Waals surface area contributed by atoms with Crippen molar-refractivity contribution in [3.05, 3.63) is 27.7 Å². The van der Waals surface area contributed by atoms with Gasteiger partial charge < -0.3 is 10.1 Å². The van der Waals surface area contributed by atoms with Crippen LogP contribution in [0.1, 0.15) is 36.7 Å². The molecule has 0 aliphatic heterocycles. The third-order valence-electron chi connectivity index (χ3n) is 2.70. The molecule has 3 nitrogen and oxygen atoms in total. The van der Waals surface area contributed by atoms with Crippen LogP contribution in [0.2, 0.25) is 0 Å². The molecule has 1 aromatic rings. The molecule has 0 heterocycles. The molecule has 18 heavy (non-hydrogen) atoms. The topological polar surface area (TPSA) is 38.3 Å². The Balaban J connectivity index is 3.43. The molecule has 0 unspecified atom stereocenters. The van der Waals surface area contributed by atoms with Crippen LogP contribution in [0.25, 0.3) is 0 Å². The molecule has 1 aromatic carbocycles. The van der Waals surface area contributed by atoms with E-state index in [1.807, 2.05) is 12.1 Å². The Morgan fingerprint density at radius 2 is 2.00 bits per heavy atom. The maximum atomic E-state index is 12.1. The number of hydrogen-bond acceptors (Lipinski definition) is 3. The number of likely N-dealkylation sites (N-methyl/N-ethyl adjacent to an activating group) is 1. The first kappa shape index (κ1) is 15.2. The number of carbonyl (C=O) groups is 1. The molecule has 1 rings (SSSR count). The van der Waals surface area contributed by atoms with Gasteiger partial charge in [0.25, 0.3) is 0 Å². The van der Waals surface area contributed by atoms with E-state index in [-0.39, 0.29) is 11.2 Å². The van der Waals surface area contributed by atoms with Crippen LogP contribution in [-0.2, 0) is 5.41 Å². The molecule has 0 fully saturated rings. The molecule has 0 amide bonds. The molecule has 1 N–H and O–H groups in total. The zero-order valence-electron chi connectivity index (χ0n) is 11.6. The van der Waals surface area contributed by atoms with E-state index in [4.69, 9.17) is 4.74 Å². The van der Waals surface area contributed by atoms with Gasteiger partial charge in [-0.3, -0.25) is 4.79 Å². The van der Waals surface area contributed by atoms with E-state index in [0.29, 0.717) is 17.9 Å². The van der Waals surface area contributed by atoms with Crippen molar-refractivity contribution < 1.29 is 9.53 Å². The van der Waals surface area contributed by atoms with Crippen LogP contribution < -0.4 is 10.1 Å². The molecule has 0 aromatic heterocycles. The second-order valence-corrected chi connectivity index (χ2v) is 6.15. The lowest BCUT2D eigenvalue weighted by molar-refractivity contribution is 0.0990. The molecule has 0 radical (unpaired) electrons. The van der Waals surface area contributed by atoms with E-state index in [0.717, 1.165) is 10.0 Å². The molecule has 0 spiro atoms. The van der Waals surface area contributed by atoms with Crippen molar-refractivity contribution in [1.29, 1.82) is 0 Å². The predicted octanol–water partition coefficient (Wildman–Crippen LogP) is 3.16. The first-order chi connectivity index (χ1) is 8.31. The summed E-state index contributed by atoms with van der Waals surface area (Å²) in [6, 6.07) is 3.82. The van der Waals surface area contributed by atoms with E-state index in [1.54, 1.807) is 14.2 Å². The zero-order valence-corrected chi connectivity index (χ0v) is 13.1. The van der Waals surface area contributed by atoms with Crippen LogP contribution in [0.15, 0.2) is 16.6 Å². The normalized spacial score (nSPS) is 11.4. The number of methoxy groups -OCH3 is 1. The number of rotatable bonds is 4. The molecular formula is C14H20BrNO2. The number of halogens is 1. The molecule has 0 aliphatic rings. The molecule has 0 bridgehead atoms. The summed E-state index contributed by atoms with van der Waals surface area (Å²) in [6.45, 7) is 6.60. The van der Waals surface area contributed by atoms with E-state index in [9.17, 15) is 4.79 Å². The van der Waals surface area contributed by atoms with E-state index >= 15 is 0 Å². The number of benzene rings is 1. The highest BCUT2D eigenvalue weighted by Gasteiger charge is 2.24. The van der Waals surface area contributed by atoms with Crippen LogP contribution >= 0.6 is 15.9 Å². The smallest absolute Gasteiger partial charge is 0.180 e. The van der Waals surface area contributed by atoms with Gasteiger partial charge in [0.2, 0.25) is 0 Å². The van der Waals surface area contributed by atoms with Crippen molar-refractivity contribution in [3.8, 4) is 5.75 Å². The lowest BCUT2D eigenvalue weighted by Gasteiger charge is -2.24. The van der Waals surface area contributed by atoms with Gasteiger partial charge in [-0.1, -0.05) is 36.7 Å². The summed E-state index contributed by atoms with van der Waals surface area (Å²) in [5, 5.41) is 2.87. The maximum Gasteiger partial charge on any atom is 0.180 e. The summed E-state index contributed by atoms with van der Waals surface area (Å²) in [4.78, 5) is 12.1. The number of carbonyl (C=O) groups excluding carboxylic acids is 1. The lowest BCUT2D eigenvalue weighted by atomic mass is 9.84. The van der Waals surface area contributed by atoms with Crippen molar-refractivity contribution in [2.45, 2.75) is 26.2 Å². The van der Waals surface area contributed by atoms with Crippen molar-refractivity contribution in [2.24, 2.45) is 0 Å². The van der Waals surface area contributed by atoms with Crippen LogP contribution in [0.4, 0.5) is 0 Å². The van der Waals surface area contributed by atoms with Crippen LogP contribution in [0, 0.1) is 0 Å². The third-order valence-corrected chi connectivity index (χ3v) is 3.16. The minimum absolute atomic E-state index is 0.0288. The Morgan fingerprint density at radius 1 is 1.39 bits per heavy atom. The average Bonchev–Trinajstić information content (AvgIpc) is 2.27. The van der Waals surface area contributed by atoms with E-state index in [1.165, 1.54) is 0 Å². The molecule has 0 aliphatic carbocycles. The molecule has 0 saturated heterocycles. The predicted molar refractivity (Wildman–Crippen MR) is 77.7 cm³/mol. The number of Topliss-reactive ketones (excluding diaryl/α,β-unsaturated/α-hetero) is 1. The van der Waals surface area contributed by atoms with E-state index < -0.39 is 0 Å². The Bertz CT molecular complexity index is 450. The summed E-state index contributed by atoms with van der Waals surface area (Å²) >= 11 is 3.46.